The SMILES string of the molecule is Cc1cccnc1NC(=O)C(C)Sc1ccc(Br)cc1. The third-order valence-electron chi connectivity index (χ3n) is 2.75. The van der Waals surface area contributed by atoms with Gasteiger partial charge in [0, 0.05) is 15.6 Å². The average Bonchev–Trinajstić information content (AvgIpc) is 2.44. The molecule has 2 rings (SSSR count). The Kier molecular flexibility index (Phi) is 5.20. The Morgan fingerprint density at radius 2 is 2.00 bits per heavy atom. The fourth-order valence-corrected chi connectivity index (χ4v) is 2.74. The van der Waals surface area contributed by atoms with Gasteiger partial charge in [0.25, 0.3) is 0 Å². The first-order valence-corrected chi connectivity index (χ1v) is 7.88. The number of hydrogen-bond acceptors (Lipinski definition) is 3. The van der Waals surface area contributed by atoms with E-state index in [1.54, 1.807) is 6.20 Å². The summed E-state index contributed by atoms with van der Waals surface area (Å²) in [7, 11) is 0. The minimum Gasteiger partial charge on any atom is -0.310 e. The van der Waals surface area contributed by atoms with E-state index in [0.717, 1.165) is 14.9 Å². The van der Waals surface area contributed by atoms with Crippen LogP contribution in [-0.4, -0.2) is 16.1 Å². The van der Waals surface area contributed by atoms with Crippen LogP contribution in [0.1, 0.15) is 12.5 Å². The smallest absolute Gasteiger partial charge is 0.238 e. The number of amides is 1. The van der Waals surface area contributed by atoms with Crippen LogP contribution in [0.5, 0.6) is 0 Å². The number of hydrogen-bond donors (Lipinski definition) is 1. The zero-order chi connectivity index (χ0) is 14.5. The molecule has 1 amide bonds. The second-order valence-electron chi connectivity index (χ2n) is 4.37. The molecule has 0 aliphatic carbocycles. The molecule has 0 aliphatic heterocycles. The van der Waals surface area contributed by atoms with Crippen molar-refractivity contribution in [3.8, 4) is 0 Å². The number of thioether (sulfide) groups is 1. The third kappa shape index (κ3) is 4.08. The summed E-state index contributed by atoms with van der Waals surface area (Å²) < 4.78 is 1.03. The molecule has 0 bridgehead atoms. The van der Waals surface area contributed by atoms with Gasteiger partial charge < -0.3 is 5.32 Å². The van der Waals surface area contributed by atoms with Gasteiger partial charge in [-0.25, -0.2) is 4.98 Å². The molecule has 0 saturated heterocycles. The van der Waals surface area contributed by atoms with Gasteiger partial charge in [0.2, 0.25) is 5.91 Å². The largest absolute Gasteiger partial charge is 0.310 e. The average molecular weight is 351 g/mol. The van der Waals surface area contributed by atoms with E-state index in [4.69, 9.17) is 0 Å². The first-order chi connectivity index (χ1) is 9.56. The van der Waals surface area contributed by atoms with E-state index in [9.17, 15) is 4.79 Å². The molecule has 0 aliphatic rings. The predicted octanol–water partition coefficient (Wildman–Crippen LogP) is 4.27. The number of nitrogens with one attached hydrogen (secondary N) is 1. The van der Waals surface area contributed by atoms with Crippen LogP contribution in [0.2, 0.25) is 0 Å². The summed E-state index contributed by atoms with van der Waals surface area (Å²) in [5.74, 6) is 0.584. The van der Waals surface area contributed by atoms with Crippen LogP contribution < -0.4 is 5.32 Å². The van der Waals surface area contributed by atoms with Crippen molar-refractivity contribution >= 4 is 39.4 Å². The highest BCUT2D eigenvalue weighted by Crippen LogP contribution is 2.25. The lowest BCUT2D eigenvalue weighted by Gasteiger charge is -2.12. The van der Waals surface area contributed by atoms with E-state index in [1.165, 1.54) is 11.8 Å². The number of pyridine rings is 1. The van der Waals surface area contributed by atoms with E-state index in [0.29, 0.717) is 5.82 Å². The Morgan fingerprint density at radius 1 is 1.30 bits per heavy atom. The summed E-state index contributed by atoms with van der Waals surface area (Å²) in [5.41, 5.74) is 0.960. The van der Waals surface area contributed by atoms with Gasteiger partial charge in [-0.1, -0.05) is 22.0 Å². The van der Waals surface area contributed by atoms with E-state index < -0.39 is 0 Å². The zero-order valence-electron chi connectivity index (χ0n) is 11.3. The summed E-state index contributed by atoms with van der Waals surface area (Å²) in [6.45, 7) is 3.81. The molecule has 3 nitrogen and oxygen atoms in total. The lowest BCUT2D eigenvalue weighted by molar-refractivity contribution is -0.115. The molecule has 0 spiro atoms. The number of anilines is 1. The molecular formula is C15H15BrN2OS. The van der Waals surface area contributed by atoms with Gasteiger partial charge in [0.1, 0.15) is 5.82 Å². The summed E-state index contributed by atoms with van der Waals surface area (Å²) in [4.78, 5) is 17.4. The summed E-state index contributed by atoms with van der Waals surface area (Å²) in [6.07, 6.45) is 1.68. The molecule has 0 fully saturated rings. The topological polar surface area (TPSA) is 42.0 Å². The van der Waals surface area contributed by atoms with Crippen LogP contribution >= 0.6 is 27.7 Å². The van der Waals surface area contributed by atoms with Crippen LogP contribution in [0.25, 0.3) is 0 Å². The third-order valence-corrected chi connectivity index (χ3v) is 4.39. The number of carbonyl (C=O) groups is 1. The summed E-state index contributed by atoms with van der Waals surface area (Å²) >= 11 is 4.92. The van der Waals surface area contributed by atoms with Crippen molar-refractivity contribution < 1.29 is 4.79 Å². The van der Waals surface area contributed by atoms with Crippen LogP contribution in [0, 0.1) is 6.92 Å². The van der Waals surface area contributed by atoms with Crippen molar-refractivity contribution in [1.82, 2.24) is 4.98 Å². The molecule has 1 aromatic carbocycles. The van der Waals surface area contributed by atoms with Crippen LogP contribution in [-0.2, 0) is 4.79 Å². The monoisotopic (exact) mass is 350 g/mol. The fraction of sp³-hybridized carbons (Fsp3) is 0.200. The number of aromatic nitrogens is 1. The molecule has 2 aromatic rings. The van der Waals surface area contributed by atoms with E-state index in [1.807, 2.05) is 50.2 Å². The first kappa shape index (κ1) is 15.1. The Morgan fingerprint density at radius 3 is 2.65 bits per heavy atom. The van der Waals surface area contributed by atoms with Gasteiger partial charge in [-0.05, 0) is 49.7 Å². The second kappa shape index (κ2) is 6.90. The van der Waals surface area contributed by atoms with E-state index >= 15 is 0 Å². The molecule has 20 heavy (non-hydrogen) atoms. The van der Waals surface area contributed by atoms with Crippen LogP contribution in [0.3, 0.4) is 0 Å². The van der Waals surface area contributed by atoms with Crippen molar-refractivity contribution in [3.05, 3.63) is 52.6 Å². The predicted molar refractivity (Wildman–Crippen MR) is 87.1 cm³/mol. The van der Waals surface area contributed by atoms with E-state index in [2.05, 4.69) is 26.2 Å². The maximum Gasteiger partial charge on any atom is 0.238 e. The Balaban J connectivity index is 1.99. The lowest BCUT2D eigenvalue weighted by Crippen LogP contribution is -2.23. The van der Waals surface area contributed by atoms with Crippen LogP contribution in [0.15, 0.2) is 52.0 Å². The molecule has 0 saturated carbocycles. The lowest BCUT2D eigenvalue weighted by atomic mass is 10.3. The van der Waals surface area contributed by atoms with Crippen molar-refractivity contribution in [2.45, 2.75) is 24.0 Å². The Bertz CT molecular complexity index is 601. The summed E-state index contributed by atoms with van der Waals surface area (Å²) in [6, 6.07) is 11.7. The Labute approximate surface area is 131 Å². The molecule has 1 atom stereocenters. The normalized spacial score (nSPS) is 11.9. The fourth-order valence-electron chi connectivity index (χ4n) is 1.61. The maximum atomic E-state index is 12.2. The standard InChI is InChI=1S/C15H15BrN2OS/c1-10-4-3-9-17-14(10)18-15(19)11(2)20-13-7-5-12(16)6-8-13/h3-9,11H,1-2H3,(H,17,18,19). The van der Waals surface area contributed by atoms with Gasteiger partial charge in [0.05, 0.1) is 5.25 Å². The zero-order valence-corrected chi connectivity index (χ0v) is 13.7. The van der Waals surface area contributed by atoms with Crippen molar-refractivity contribution in [2.24, 2.45) is 0 Å². The number of carbonyl (C=O) groups excluding carboxylic acids is 1. The molecule has 1 aromatic heterocycles. The Hall–Kier alpha value is -1.33. The highest BCUT2D eigenvalue weighted by Gasteiger charge is 2.15. The highest BCUT2D eigenvalue weighted by molar-refractivity contribution is 9.10. The number of nitrogens with zero attached hydrogens (tertiary/aromatic N) is 1. The van der Waals surface area contributed by atoms with E-state index in [-0.39, 0.29) is 11.2 Å². The van der Waals surface area contributed by atoms with Crippen molar-refractivity contribution in [1.29, 1.82) is 0 Å². The maximum absolute atomic E-state index is 12.2. The number of halogens is 1. The van der Waals surface area contributed by atoms with Crippen LogP contribution in [0.4, 0.5) is 5.82 Å². The molecule has 1 unspecified atom stereocenters. The van der Waals surface area contributed by atoms with Gasteiger partial charge in [-0.2, -0.15) is 0 Å². The van der Waals surface area contributed by atoms with Gasteiger partial charge in [-0.3, -0.25) is 4.79 Å². The number of rotatable bonds is 4. The molecular weight excluding hydrogens is 336 g/mol. The molecule has 104 valence electrons. The molecule has 0 radical (unpaired) electrons. The minimum absolute atomic E-state index is 0.0419. The minimum atomic E-state index is -0.183. The molecule has 1 heterocycles. The first-order valence-electron chi connectivity index (χ1n) is 6.21. The molecule has 5 heteroatoms. The quantitative estimate of drug-likeness (QED) is 0.837. The highest BCUT2D eigenvalue weighted by atomic mass is 79.9. The molecule has 1 N–H and O–H groups in total. The second-order valence-corrected chi connectivity index (χ2v) is 6.70. The van der Waals surface area contributed by atoms with Gasteiger partial charge >= 0.3 is 0 Å². The van der Waals surface area contributed by atoms with Crippen molar-refractivity contribution in [2.75, 3.05) is 5.32 Å². The number of benzene rings is 1. The van der Waals surface area contributed by atoms with Gasteiger partial charge in [0.15, 0.2) is 0 Å². The summed E-state index contributed by atoms with van der Waals surface area (Å²) in [5, 5.41) is 2.68. The van der Waals surface area contributed by atoms with Crippen molar-refractivity contribution in [3.63, 3.8) is 0 Å². The number of aryl methyl sites for hydroxylation is 1. The van der Waals surface area contributed by atoms with Gasteiger partial charge in [-0.15, -0.1) is 11.8 Å².